The molecule has 0 radical (unpaired) electrons. The van der Waals surface area contributed by atoms with Crippen molar-refractivity contribution in [2.75, 3.05) is 13.2 Å². The molecule has 2 heterocycles. The van der Waals surface area contributed by atoms with Crippen LogP contribution in [0.15, 0.2) is 18.2 Å². The lowest BCUT2D eigenvalue weighted by molar-refractivity contribution is 0.0206. The first-order chi connectivity index (χ1) is 9.27. The molecule has 0 spiro atoms. The Morgan fingerprint density at radius 2 is 2.32 bits per heavy atom. The highest BCUT2D eigenvalue weighted by Gasteiger charge is 2.28. The van der Waals surface area contributed by atoms with Crippen LogP contribution in [-0.4, -0.2) is 22.9 Å². The van der Waals surface area contributed by atoms with E-state index in [-0.39, 0.29) is 12.7 Å². The quantitative estimate of drug-likeness (QED) is 0.935. The molecule has 1 N–H and O–H groups in total. The van der Waals surface area contributed by atoms with Gasteiger partial charge in [0.25, 0.3) is 0 Å². The number of hydrogen-bond acceptors (Lipinski definition) is 2. The number of hydrogen-bond donors (Lipinski definition) is 1. The van der Waals surface area contributed by atoms with Crippen molar-refractivity contribution in [3.63, 3.8) is 0 Å². The van der Waals surface area contributed by atoms with Gasteiger partial charge in [-0.2, -0.15) is 0 Å². The van der Waals surface area contributed by atoms with Crippen molar-refractivity contribution in [3.8, 4) is 0 Å². The van der Waals surface area contributed by atoms with Crippen LogP contribution in [0.1, 0.15) is 30.7 Å². The van der Waals surface area contributed by atoms with E-state index < -0.39 is 0 Å². The Balaban J connectivity index is 2.29. The molecule has 0 amide bonds. The second-order valence-corrected chi connectivity index (χ2v) is 5.27. The molecule has 3 nitrogen and oxygen atoms in total. The summed E-state index contributed by atoms with van der Waals surface area (Å²) in [7, 11) is 0. The maximum atomic E-state index is 9.22. The Hall–Kier alpha value is -1.03. The predicted molar refractivity (Wildman–Crippen MR) is 76.7 cm³/mol. The number of rotatable bonds is 3. The molecule has 1 aromatic heterocycles. The van der Waals surface area contributed by atoms with E-state index in [0.29, 0.717) is 13.0 Å². The normalized spacial score (nSPS) is 18.8. The molecule has 1 atom stereocenters. The molecule has 1 aliphatic heterocycles. The van der Waals surface area contributed by atoms with Crippen molar-refractivity contribution in [1.82, 2.24) is 4.57 Å². The summed E-state index contributed by atoms with van der Waals surface area (Å²) in [6.45, 7) is 3.84. The van der Waals surface area contributed by atoms with Gasteiger partial charge in [-0.05, 0) is 25.0 Å². The van der Waals surface area contributed by atoms with E-state index in [9.17, 15) is 5.11 Å². The molecular weight excluding hydrogens is 262 g/mol. The van der Waals surface area contributed by atoms with Gasteiger partial charge in [-0.25, -0.2) is 0 Å². The van der Waals surface area contributed by atoms with Crippen LogP contribution in [0.5, 0.6) is 0 Å². The van der Waals surface area contributed by atoms with Gasteiger partial charge in [-0.3, -0.25) is 0 Å². The van der Waals surface area contributed by atoms with E-state index in [4.69, 9.17) is 16.3 Å². The van der Waals surface area contributed by atoms with Crippen LogP contribution in [0.4, 0.5) is 0 Å². The highest BCUT2D eigenvalue weighted by molar-refractivity contribution is 6.35. The average molecular weight is 280 g/mol. The van der Waals surface area contributed by atoms with E-state index in [1.165, 1.54) is 16.6 Å². The zero-order valence-electron chi connectivity index (χ0n) is 11.0. The smallest absolute Gasteiger partial charge is 0.0999 e. The molecule has 1 aliphatic rings. The van der Waals surface area contributed by atoms with Crippen molar-refractivity contribution < 1.29 is 9.84 Å². The minimum absolute atomic E-state index is 0.0165. The number of fused-ring (bicyclic) bond motifs is 3. The Kier molecular flexibility index (Phi) is 3.52. The van der Waals surface area contributed by atoms with Crippen molar-refractivity contribution in [3.05, 3.63) is 34.5 Å². The standard InChI is InChI=1S/C15H18ClNO2/c1-2-17-14-10(4-3-5-12(14)16)11-7-9-19-13(6-8-18)15(11)17/h3-5,13,18H,2,6-9H2,1H3. The molecule has 0 saturated carbocycles. The van der Waals surface area contributed by atoms with Crippen molar-refractivity contribution >= 4 is 22.5 Å². The summed E-state index contributed by atoms with van der Waals surface area (Å²) in [4.78, 5) is 0. The molecular formula is C15H18ClNO2. The summed E-state index contributed by atoms with van der Waals surface area (Å²) in [6, 6.07) is 6.07. The lowest BCUT2D eigenvalue weighted by Crippen LogP contribution is -2.20. The lowest BCUT2D eigenvalue weighted by Gasteiger charge is -2.25. The lowest BCUT2D eigenvalue weighted by atomic mass is 10.0. The highest BCUT2D eigenvalue weighted by Crippen LogP contribution is 2.39. The van der Waals surface area contributed by atoms with Crippen LogP contribution < -0.4 is 0 Å². The molecule has 0 bridgehead atoms. The number of benzene rings is 1. The first kappa shape index (κ1) is 13.0. The van der Waals surface area contributed by atoms with E-state index in [1.807, 2.05) is 12.1 Å². The van der Waals surface area contributed by atoms with Crippen LogP contribution in [0.2, 0.25) is 5.02 Å². The monoisotopic (exact) mass is 279 g/mol. The molecule has 3 rings (SSSR count). The predicted octanol–water partition coefficient (Wildman–Crippen LogP) is 3.31. The average Bonchev–Trinajstić information content (AvgIpc) is 2.76. The fourth-order valence-corrected chi connectivity index (χ4v) is 3.41. The first-order valence-corrected chi connectivity index (χ1v) is 7.17. The molecule has 0 saturated heterocycles. The number of ether oxygens (including phenoxy) is 1. The molecule has 1 aromatic carbocycles. The van der Waals surface area contributed by atoms with Crippen molar-refractivity contribution in [2.45, 2.75) is 32.4 Å². The fourth-order valence-electron chi connectivity index (χ4n) is 3.13. The number of aryl methyl sites for hydroxylation is 1. The highest BCUT2D eigenvalue weighted by atomic mass is 35.5. The van der Waals surface area contributed by atoms with E-state index in [0.717, 1.165) is 23.5 Å². The third-order valence-corrected chi connectivity index (χ3v) is 4.17. The minimum atomic E-state index is -0.0165. The van der Waals surface area contributed by atoms with Crippen molar-refractivity contribution in [1.29, 1.82) is 0 Å². The molecule has 0 fully saturated rings. The Labute approximate surface area is 117 Å². The Bertz CT molecular complexity index is 606. The summed E-state index contributed by atoms with van der Waals surface area (Å²) in [6.07, 6.45) is 1.54. The van der Waals surface area contributed by atoms with Crippen LogP contribution in [0, 0.1) is 0 Å². The molecule has 0 aliphatic carbocycles. The SMILES string of the molecule is CCn1c2c(c3cccc(Cl)c31)CCOC2CCO. The van der Waals surface area contributed by atoms with Crippen molar-refractivity contribution in [2.24, 2.45) is 0 Å². The summed E-state index contributed by atoms with van der Waals surface area (Å²) >= 11 is 6.37. The van der Waals surface area contributed by atoms with Gasteiger partial charge in [0.2, 0.25) is 0 Å². The Morgan fingerprint density at radius 3 is 3.05 bits per heavy atom. The third-order valence-electron chi connectivity index (χ3n) is 3.87. The number of nitrogens with zero attached hydrogens (tertiary/aromatic N) is 1. The van der Waals surface area contributed by atoms with Crippen LogP contribution in [-0.2, 0) is 17.7 Å². The molecule has 4 heteroatoms. The topological polar surface area (TPSA) is 34.4 Å². The van der Waals surface area contributed by atoms with E-state index in [1.54, 1.807) is 0 Å². The number of aliphatic hydroxyl groups is 1. The summed E-state index contributed by atoms with van der Waals surface area (Å²) in [5, 5.41) is 11.2. The van der Waals surface area contributed by atoms with E-state index in [2.05, 4.69) is 17.6 Å². The second kappa shape index (κ2) is 5.16. The zero-order valence-corrected chi connectivity index (χ0v) is 11.8. The molecule has 19 heavy (non-hydrogen) atoms. The van der Waals surface area contributed by atoms with E-state index >= 15 is 0 Å². The van der Waals surface area contributed by atoms with Gasteiger partial charge in [0.05, 0.1) is 28.9 Å². The van der Waals surface area contributed by atoms with Gasteiger partial charge >= 0.3 is 0 Å². The Morgan fingerprint density at radius 1 is 1.47 bits per heavy atom. The second-order valence-electron chi connectivity index (χ2n) is 4.87. The van der Waals surface area contributed by atoms with Gasteiger partial charge in [0.15, 0.2) is 0 Å². The fraction of sp³-hybridized carbons (Fsp3) is 0.467. The molecule has 1 unspecified atom stereocenters. The summed E-state index contributed by atoms with van der Waals surface area (Å²) in [5.74, 6) is 0. The summed E-state index contributed by atoms with van der Waals surface area (Å²) < 4.78 is 8.08. The maximum absolute atomic E-state index is 9.22. The van der Waals surface area contributed by atoms with Gasteiger partial charge in [0, 0.05) is 25.0 Å². The number of aliphatic hydroxyl groups excluding tert-OH is 1. The van der Waals surface area contributed by atoms with Gasteiger partial charge in [0.1, 0.15) is 0 Å². The van der Waals surface area contributed by atoms with Gasteiger partial charge in [-0.1, -0.05) is 23.7 Å². The number of halogens is 1. The minimum Gasteiger partial charge on any atom is -0.396 e. The summed E-state index contributed by atoms with van der Waals surface area (Å²) in [5.41, 5.74) is 3.64. The van der Waals surface area contributed by atoms with Crippen LogP contribution >= 0.6 is 11.6 Å². The first-order valence-electron chi connectivity index (χ1n) is 6.79. The zero-order chi connectivity index (χ0) is 13.4. The molecule has 2 aromatic rings. The molecule has 102 valence electrons. The third kappa shape index (κ3) is 1.97. The van der Waals surface area contributed by atoms with Crippen LogP contribution in [0.3, 0.4) is 0 Å². The van der Waals surface area contributed by atoms with Crippen LogP contribution in [0.25, 0.3) is 10.9 Å². The largest absolute Gasteiger partial charge is 0.396 e. The maximum Gasteiger partial charge on any atom is 0.0999 e. The van der Waals surface area contributed by atoms with Gasteiger partial charge < -0.3 is 14.4 Å². The number of para-hydroxylation sites is 1. The van der Waals surface area contributed by atoms with Gasteiger partial charge in [-0.15, -0.1) is 0 Å². The number of aromatic nitrogens is 1.